The fraction of sp³-hybridized carbons (Fsp3) is 0.381. The van der Waals surface area contributed by atoms with Crippen LogP contribution in [-0.4, -0.2) is 45.0 Å². The highest BCUT2D eigenvalue weighted by atomic mass is 16.5. The van der Waals surface area contributed by atoms with Gasteiger partial charge in [0.25, 0.3) is 5.91 Å². The van der Waals surface area contributed by atoms with Crippen molar-refractivity contribution < 1.29 is 14.6 Å². The smallest absolute Gasteiger partial charge is 0.270 e. The van der Waals surface area contributed by atoms with Gasteiger partial charge in [-0.3, -0.25) is 14.5 Å². The van der Waals surface area contributed by atoms with Crippen molar-refractivity contribution in [2.45, 2.75) is 37.8 Å². The molecule has 0 saturated heterocycles. The molecule has 1 aliphatic rings. The number of aromatic nitrogens is 3. The molecule has 0 radical (unpaired) electrons. The van der Waals surface area contributed by atoms with Gasteiger partial charge < -0.3 is 15.2 Å². The standard InChI is InChI=1S/C21H24N4O3/c1-25-19-10-8-16(28-2)11-17(19)20(24-25)13-3-9-18(22-12-13)21(27)23-14-4-6-15(26)7-5-14/h3,8-12,14-15,26H,4-7H2,1-2H3,(H,23,27). The molecular weight excluding hydrogens is 356 g/mol. The predicted molar refractivity (Wildman–Crippen MR) is 106 cm³/mol. The van der Waals surface area contributed by atoms with Crippen molar-refractivity contribution in [3.8, 4) is 17.0 Å². The maximum absolute atomic E-state index is 12.5. The number of aryl methyl sites for hydroxylation is 1. The number of nitrogens with zero attached hydrogens (tertiary/aromatic N) is 3. The number of aliphatic hydroxyl groups is 1. The molecule has 2 N–H and O–H groups in total. The molecule has 7 nitrogen and oxygen atoms in total. The summed E-state index contributed by atoms with van der Waals surface area (Å²) in [5.41, 5.74) is 3.03. The van der Waals surface area contributed by atoms with Crippen molar-refractivity contribution >= 4 is 16.8 Å². The summed E-state index contributed by atoms with van der Waals surface area (Å²) in [7, 11) is 3.54. The summed E-state index contributed by atoms with van der Waals surface area (Å²) in [6.07, 6.45) is 4.50. The Bertz CT molecular complexity index is 989. The Labute approximate surface area is 163 Å². The molecule has 7 heteroatoms. The van der Waals surface area contributed by atoms with Gasteiger partial charge in [-0.1, -0.05) is 0 Å². The molecule has 0 bridgehead atoms. The number of fused-ring (bicyclic) bond motifs is 1. The fourth-order valence-corrected chi connectivity index (χ4v) is 3.73. The van der Waals surface area contributed by atoms with E-state index < -0.39 is 0 Å². The Hall–Kier alpha value is -2.93. The minimum Gasteiger partial charge on any atom is -0.497 e. The van der Waals surface area contributed by atoms with Crippen LogP contribution >= 0.6 is 0 Å². The van der Waals surface area contributed by atoms with Gasteiger partial charge in [-0.15, -0.1) is 0 Å². The van der Waals surface area contributed by atoms with Crippen molar-refractivity contribution in [3.63, 3.8) is 0 Å². The number of nitrogens with one attached hydrogen (secondary N) is 1. The number of carbonyl (C=O) groups excluding carboxylic acids is 1. The number of hydrogen-bond acceptors (Lipinski definition) is 5. The van der Waals surface area contributed by atoms with E-state index in [0.717, 1.165) is 53.6 Å². The lowest BCUT2D eigenvalue weighted by Gasteiger charge is -2.26. The fourth-order valence-electron chi connectivity index (χ4n) is 3.73. The van der Waals surface area contributed by atoms with Crippen molar-refractivity contribution in [2.24, 2.45) is 7.05 Å². The minimum atomic E-state index is -0.239. The highest BCUT2D eigenvalue weighted by molar-refractivity contribution is 5.95. The Morgan fingerprint density at radius 1 is 1.21 bits per heavy atom. The third kappa shape index (κ3) is 3.57. The summed E-state index contributed by atoms with van der Waals surface area (Å²) in [4.78, 5) is 16.8. The van der Waals surface area contributed by atoms with Crippen molar-refractivity contribution in [3.05, 3.63) is 42.2 Å². The second-order valence-electron chi connectivity index (χ2n) is 7.27. The maximum atomic E-state index is 12.5. The van der Waals surface area contributed by atoms with Crippen LogP contribution in [0.4, 0.5) is 0 Å². The van der Waals surface area contributed by atoms with Crippen LogP contribution < -0.4 is 10.1 Å². The zero-order valence-electron chi connectivity index (χ0n) is 16.1. The molecule has 3 aromatic rings. The average molecular weight is 380 g/mol. The number of hydrogen-bond donors (Lipinski definition) is 2. The third-order valence-corrected chi connectivity index (χ3v) is 5.36. The normalized spacial score (nSPS) is 19.5. The molecule has 0 aliphatic heterocycles. The van der Waals surface area contributed by atoms with Crippen LogP contribution in [0.3, 0.4) is 0 Å². The molecule has 2 aromatic heterocycles. The number of aliphatic hydroxyl groups excluding tert-OH is 1. The van der Waals surface area contributed by atoms with E-state index in [2.05, 4.69) is 15.4 Å². The molecule has 0 atom stereocenters. The topological polar surface area (TPSA) is 89.3 Å². The molecule has 1 amide bonds. The zero-order chi connectivity index (χ0) is 19.7. The van der Waals surface area contributed by atoms with Gasteiger partial charge in [-0.2, -0.15) is 5.10 Å². The van der Waals surface area contributed by atoms with Crippen LogP contribution in [0.2, 0.25) is 0 Å². The molecule has 4 rings (SSSR count). The van der Waals surface area contributed by atoms with E-state index in [-0.39, 0.29) is 18.1 Å². The molecule has 1 saturated carbocycles. The number of pyridine rings is 1. The highest BCUT2D eigenvalue weighted by Gasteiger charge is 2.22. The first kappa shape index (κ1) is 18.4. The highest BCUT2D eigenvalue weighted by Crippen LogP contribution is 2.30. The summed E-state index contributed by atoms with van der Waals surface area (Å²) >= 11 is 0. The first-order valence-electron chi connectivity index (χ1n) is 9.51. The van der Waals surface area contributed by atoms with Gasteiger partial charge in [0.1, 0.15) is 17.1 Å². The van der Waals surface area contributed by atoms with E-state index in [1.807, 2.05) is 36.0 Å². The van der Waals surface area contributed by atoms with Crippen LogP contribution in [0.15, 0.2) is 36.5 Å². The summed E-state index contributed by atoms with van der Waals surface area (Å²) in [6.45, 7) is 0. The first-order chi connectivity index (χ1) is 13.5. The Kier molecular flexibility index (Phi) is 5.00. The largest absolute Gasteiger partial charge is 0.497 e. The molecule has 28 heavy (non-hydrogen) atoms. The van der Waals surface area contributed by atoms with E-state index in [0.29, 0.717) is 5.69 Å². The summed E-state index contributed by atoms with van der Waals surface area (Å²) < 4.78 is 7.15. The van der Waals surface area contributed by atoms with Crippen LogP contribution in [0.5, 0.6) is 5.75 Å². The lowest BCUT2D eigenvalue weighted by Crippen LogP contribution is -2.38. The van der Waals surface area contributed by atoms with Crippen LogP contribution in [0.1, 0.15) is 36.2 Å². The van der Waals surface area contributed by atoms with Crippen molar-refractivity contribution in [2.75, 3.05) is 7.11 Å². The van der Waals surface area contributed by atoms with E-state index in [1.54, 1.807) is 19.4 Å². The minimum absolute atomic E-state index is 0.101. The van der Waals surface area contributed by atoms with Gasteiger partial charge in [-0.25, -0.2) is 0 Å². The number of carbonyl (C=O) groups is 1. The molecular formula is C21H24N4O3. The second kappa shape index (κ2) is 7.59. The molecule has 1 fully saturated rings. The third-order valence-electron chi connectivity index (χ3n) is 5.36. The first-order valence-corrected chi connectivity index (χ1v) is 9.51. The summed E-state index contributed by atoms with van der Waals surface area (Å²) in [5.74, 6) is 0.587. The quantitative estimate of drug-likeness (QED) is 0.726. The number of ether oxygens (including phenoxy) is 1. The van der Waals surface area contributed by atoms with E-state index >= 15 is 0 Å². The van der Waals surface area contributed by atoms with Crippen LogP contribution in [0.25, 0.3) is 22.2 Å². The van der Waals surface area contributed by atoms with Gasteiger partial charge >= 0.3 is 0 Å². The number of amides is 1. The summed E-state index contributed by atoms with van der Waals surface area (Å²) in [5, 5.41) is 18.2. The summed E-state index contributed by atoms with van der Waals surface area (Å²) in [6, 6.07) is 9.53. The monoisotopic (exact) mass is 380 g/mol. The second-order valence-corrected chi connectivity index (χ2v) is 7.27. The van der Waals surface area contributed by atoms with Crippen molar-refractivity contribution in [1.82, 2.24) is 20.1 Å². The lowest BCUT2D eigenvalue weighted by molar-refractivity contribution is 0.0863. The number of methoxy groups -OCH3 is 1. The van der Waals surface area contributed by atoms with Crippen molar-refractivity contribution in [1.29, 1.82) is 0 Å². The molecule has 0 unspecified atom stereocenters. The predicted octanol–water partition coefficient (Wildman–Crippen LogP) is 2.68. The number of rotatable bonds is 4. The zero-order valence-corrected chi connectivity index (χ0v) is 16.1. The van der Waals surface area contributed by atoms with Crippen LogP contribution in [-0.2, 0) is 7.05 Å². The average Bonchev–Trinajstić information content (AvgIpc) is 3.05. The Morgan fingerprint density at radius 3 is 2.68 bits per heavy atom. The van der Waals surface area contributed by atoms with E-state index in [4.69, 9.17) is 4.74 Å². The van der Waals surface area contributed by atoms with Gasteiger partial charge in [0.05, 0.1) is 18.7 Å². The Balaban J connectivity index is 1.55. The molecule has 1 aliphatic carbocycles. The lowest BCUT2D eigenvalue weighted by atomic mass is 9.93. The SMILES string of the molecule is COc1ccc2c(c1)c(-c1ccc(C(=O)NC3CCC(O)CC3)nc1)nn2C. The van der Waals surface area contributed by atoms with Gasteiger partial charge in [0, 0.05) is 30.2 Å². The number of benzene rings is 1. The van der Waals surface area contributed by atoms with E-state index in [1.165, 1.54) is 0 Å². The van der Waals surface area contributed by atoms with Gasteiger partial charge in [0.15, 0.2) is 0 Å². The van der Waals surface area contributed by atoms with Gasteiger partial charge in [0.2, 0.25) is 0 Å². The van der Waals surface area contributed by atoms with E-state index in [9.17, 15) is 9.90 Å². The molecule has 146 valence electrons. The molecule has 0 spiro atoms. The molecule has 2 heterocycles. The molecule has 1 aromatic carbocycles. The van der Waals surface area contributed by atoms with Gasteiger partial charge in [-0.05, 0) is 56.0 Å². The van der Waals surface area contributed by atoms with Crippen LogP contribution in [0, 0.1) is 0 Å². The Morgan fingerprint density at radius 2 is 2.00 bits per heavy atom. The maximum Gasteiger partial charge on any atom is 0.270 e.